The van der Waals surface area contributed by atoms with Crippen LogP contribution in [0.15, 0.2) is 29.2 Å². The predicted molar refractivity (Wildman–Crippen MR) is 66.7 cm³/mol. The Bertz CT molecular complexity index is 496. The van der Waals surface area contributed by atoms with Crippen molar-refractivity contribution in [1.29, 1.82) is 0 Å². The van der Waals surface area contributed by atoms with Crippen molar-refractivity contribution in [1.82, 2.24) is 0 Å². The molecule has 1 atom stereocenters. The molecular weight excluding hydrogens is 262 g/mol. The van der Waals surface area contributed by atoms with Crippen LogP contribution >= 0.6 is 12.6 Å². The number of carbonyl (C=O) groups excluding carboxylic acids is 1. The lowest BCUT2D eigenvalue weighted by Gasteiger charge is -2.12. The van der Waals surface area contributed by atoms with Gasteiger partial charge in [0.1, 0.15) is 0 Å². The lowest BCUT2D eigenvalue weighted by Crippen LogP contribution is -2.23. The van der Waals surface area contributed by atoms with Gasteiger partial charge in [-0.2, -0.15) is 8.42 Å². The number of thiol groups is 1. The standard InChI is InChI=1S/C10H13NO4S2/c11-10(12)9(5-6-17(13,14)15)7-1-3-8(16)4-2-7/h1-4,9,16H,5-6H2,(H2,11,12)(H,13,14,15). The number of hydrogen-bond donors (Lipinski definition) is 3. The molecule has 1 unspecified atom stereocenters. The summed E-state index contributed by atoms with van der Waals surface area (Å²) in [6.45, 7) is 0. The number of carbonyl (C=O) groups is 1. The molecule has 0 saturated heterocycles. The Morgan fingerprint density at radius 3 is 2.29 bits per heavy atom. The third kappa shape index (κ3) is 4.76. The van der Waals surface area contributed by atoms with Gasteiger partial charge in [-0.25, -0.2) is 0 Å². The Morgan fingerprint density at radius 1 is 1.35 bits per heavy atom. The van der Waals surface area contributed by atoms with Gasteiger partial charge in [0.05, 0.1) is 11.7 Å². The Labute approximate surface area is 105 Å². The van der Waals surface area contributed by atoms with E-state index in [1.165, 1.54) is 0 Å². The molecule has 94 valence electrons. The molecule has 0 aliphatic heterocycles. The molecule has 0 spiro atoms. The van der Waals surface area contributed by atoms with Gasteiger partial charge in [0, 0.05) is 4.90 Å². The quantitative estimate of drug-likeness (QED) is 0.547. The fraction of sp³-hybridized carbons (Fsp3) is 0.300. The molecule has 0 fully saturated rings. The third-order valence-electron chi connectivity index (χ3n) is 2.30. The summed E-state index contributed by atoms with van der Waals surface area (Å²) in [4.78, 5) is 12.0. The largest absolute Gasteiger partial charge is 0.369 e. The summed E-state index contributed by atoms with van der Waals surface area (Å²) in [5, 5.41) is 0. The normalized spacial score (nSPS) is 13.3. The van der Waals surface area contributed by atoms with Crippen molar-refractivity contribution in [2.75, 3.05) is 5.75 Å². The number of hydrogen-bond acceptors (Lipinski definition) is 4. The molecule has 0 aliphatic carbocycles. The number of nitrogens with two attached hydrogens (primary N) is 1. The van der Waals surface area contributed by atoms with E-state index in [2.05, 4.69) is 12.6 Å². The fourth-order valence-corrected chi connectivity index (χ4v) is 2.13. The van der Waals surface area contributed by atoms with Gasteiger partial charge in [0.15, 0.2) is 0 Å². The Hall–Kier alpha value is -1.05. The summed E-state index contributed by atoms with van der Waals surface area (Å²) in [5.74, 6) is -1.85. The van der Waals surface area contributed by atoms with E-state index in [9.17, 15) is 13.2 Å². The Morgan fingerprint density at radius 2 is 1.88 bits per heavy atom. The summed E-state index contributed by atoms with van der Waals surface area (Å²) >= 11 is 4.10. The maximum absolute atomic E-state index is 11.2. The van der Waals surface area contributed by atoms with Gasteiger partial charge in [-0.15, -0.1) is 12.6 Å². The van der Waals surface area contributed by atoms with Crippen LogP contribution in [0.5, 0.6) is 0 Å². The van der Waals surface area contributed by atoms with Crippen LogP contribution in [0.1, 0.15) is 17.9 Å². The smallest absolute Gasteiger partial charge is 0.264 e. The average Bonchev–Trinajstić information content (AvgIpc) is 2.18. The van der Waals surface area contributed by atoms with Gasteiger partial charge in [0.25, 0.3) is 10.1 Å². The van der Waals surface area contributed by atoms with Crippen molar-refractivity contribution in [3.05, 3.63) is 29.8 Å². The lowest BCUT2D eigenvalue weighted by molar-refractivity contribution is -0.119. The maximum Gasteiger partial charge on any atom is 0.264 e. The third-order valence-corrected chi connectivity index (χ3v) is 3.35. The van der Waals surface area contributed by atoms with Gasteiger partial charge in [-0.1, -0.05) is 12.1 Å². The topological polar surface area (TPSA) is 97.5 Å². The van der Waals surface area contributed by atoms with E-state index in [4.69, 9.17) is 10.3 Å². The number of benzene rings is 1. The highest BCUT2D eigenvalue weighted by Gasteiger charge is 2.20. The van der Waals surface area contributed by atoms with E-state index < -0.39 is 27.7 Å². The number of rotatable bonds is 5. The minimum atomic E-state index is -4.09. The molecular formula is C10H13NO4S2. The summed E-state index contributed by atoms with van der Waals surface area (Å²) in [5.41, 5.74) is 5.81. The zero-order valence-corrected chi connectivity index (χ0v) is 10.6. The molecule has 0 aliphatic rings. The molecule has 3 N–H and O–H groups in total. The summed E-state index contributed by atoms with van der Waals surface area (Å²) in [6.07, 6.45) is -0.0416. The first kappa shape index (κ1) is 14.0. The zero-order chi connectivity index (χ0) is 13.1. The highest BCUT2D eigenvalue weighted by atomic mass is 32.2. The molecule has 1 amide bonds. The molecule has 0 aromatic heterocycles. The highest BCUT2D eigenvalue weighted by Crippen LogP contribution is 2.21. The summed E-state index contributed by atoms with van der Waals surface area (Å²) in [6, 6.07) is 6.67. The molecule has 5 nitrogen and oxygen atoms in total. The van der Waals surface area contributed by atoms with Gasteiger partial charge < -0.3 is 5.73 Å². The predicted octanol–water partition coefficient (Wildman–Crippen LogP) is 0.822. The van der Waals surface area contributed by atoms with Crippen molar-refractivity contribution >= 4 is 28.7 Å². The zero-order valence-electron chi connectivity index (χ0n) is 8.91. The lowest BCUT2D eigenvalue weighted by atomic mass is 9.96. The first-order chi connectivity index (χ1) is 7.79. The molecule has 0 heterocycles. The Kier molecular flexibility index (Phi) is 4.55. The van der Waals surface area contributed by atoms with Gasteiger partial charge in [-0.05, 0) is 24.1 Å². The molecule has 17 heavy (non-hydrogen) atoms. The van der Waals surface area contributed by atoms with Crippen molar-refractivity contribution in [3.63, 3.8) is 0 Å². The van der Waals surface area contributed by atoms with Crippen LogP contribution in [-0.2, 0) is 14.9 Å². The van der Waals surface area contributed by atoms with Crippen molar-refractivity contribution in [3.8, 4) is 0 Å². The molecule has 1 aromatic rings. The first-order valence-corrected chi connectivity index (χ1v) is 6.88. The van der Waals surface area contributed by atoms with Gasteiger partial charge in [-0.3, -0.25) is 9.35 Å². The second-order valence-corrected chi connectivity index (χ2v) is 5.71. The van der Waals surface area contributed by atoms with E-state index in [0.29, 0.717) is 5.56 Å². The number of primary amides is 1. The molecule has 0 radical (unpaired) electrons. The first-order valence-electron chi connectivity index (χ1n) is 4.83. The minimum absolute atomic E-state index is 0.0416. The molecule has 1 aromatic carbocycles. The summed E-state index contributed by atoms with van der Waals surface area (Å²) < 4.78 is 29.9. The average molecular weight is 275 g/mol. The van der Waals surface area contributed by atoms with Gasteiger partial charge in [0.2, 0.25) is 5.91 Å². The van der Waals surface area contributed by atoms with Crippen LogP contribution < -0.4 is 5.73 Å². The van der Waals surface area contributed by atoms with E-state index in [1.807, 2.05) is 0 Å². The van der Waals surface area contributed by atoms with Crippen LogP contribution in [0.25, 0.3) is 0 Å². The van der Waals surface area contributed by atoms with E-state index in [1.54, 1.807) is 24.3 Å². The second-order valence-electron chi connectivity index (χ2n) is 3.62. The number of amides is 1. The van der Waals surface area contributed by atoms with E-state index in [-0.39, 0.29) is 6.42 Å². The van der Waals surface area contributed by atoms with E-state index in [0.717, 1.165) is 4.90 Å². The SMILES string of the molecule is NC(=O)C(CCS(=O)(=O)O)c1ccc(S)cc1. The molecule has 7 heteroatoms. The van der Waals surface area contributed by atoms with Crippen molar-refractivity contribution in [2.45, 2.75) is 17.2 Å². The Balaban J connectivity index is 2.87. The monoisotopic (exact) mass is 275 g/mol. The maximum atomic E-state index is 11.2. The van der Waals surface area contributed by atoms with Gasteiger partial charge >= 0.3 is 0 Å². The van der Waals surface area contributed by atoms with Crippen molar-refractivity contribution < 1.29 is 17.8 Å². The minimum Gasteiger partial charge on any atom is -0.369 e. The van der Waals surface area contributed by atoms with Crippen LogP contribution in [-0.4, -0.2) is 24.6 Å². The van der Waals surface area contributed by atoms with Crippen LogP contribution in [0.2, 0.25) is 0 Å². The molecule has 0 bridgehead atoms. The molecule has 0 saturated carbocycles. The van der Waals surface area contributed by atoms with Crippen molar-refractivity contribution in [2.24, 2.45) is 5.73 Å². The van der Waals surface area contributed by atoms with Crippen LogP contribution in [0.4, 0.5) is 0 Å². The summed E-state index contributed by atoms with van der Waals surface area (Å²) in [7, 11) is -4.09. The molecule has 1 rings (SSSR count). The second kappa shape index (κ2) is 5.52. The highest BCUT2D eigenvalue weighted by molar-refractivity contribution is 7.85. The van der Waals surface area contributed by atoms with E-state index >= 15 is 0 Å². The van der Waals surface area contributed by atoms with Crippen LogP contribution in [0, 0.1) is 0 Å². The fourth-order valence-electron chi connectivity index (χ4n) is 1.45. The van der Waals surface area contributed by atoms with Crippen LogP contribution in [0.3, 0.4) is 0 Å².